The molecule has 0 radical (unpaired) electrons. The smallest absolute Gasteiger partial charge is 0.341 e. The molecule has 1 aliphatic heterocycles. The molecule has 1 saturated carbocycles. The molecule has 3 N–H and O–H groups in total. The molecule has 2 fully saturated rings. The molecule has 2 aliphatic rings. The average molecular weight is 428 g/mol. The number of aromatic nitrogens is 1. The zero-order chi connectivity index (χ0) is 20.3. The van der Waals surface area contributed by atoms with Crippen LogP contribution in [0, 0.1) is 17.7 Å². The van der Waals surface area contributed by atoms with Gasteiger partial charge >= 0.3 is 5.97 Å². The summed E-state index contributed by atoms with van der Waals surface area (Å²) in [6, 6.07) is 1.18. The molecular formula is C19H20Cl2FN3O3. The van der Waals surface area contributed by atoms with Gasteiger partial charge in [0.25, 0.3) is 0 Å². The Kier molecular flexibility index (Phi) is 4.80. The molecule has 1 aliphatic carbocycles. The summed E-state index contributed by atoms with van der Waals surface area (Å²) < 4.78 is 16.5. The molecule has 1 aromatic heterocycles. The van der Waals surface area contributed by atoms with E-state index in [0.717, 1.165) is 12.5 Å². The van der Waals surface area contributed by atoms with Gasteiger partial charge in [0.15, 0.2) is 0 Å². The van der Waals surface area contributed by atoms with Crippen molar-refractivity contribution in [2.45, 2.75) is 31.3 Å². The zero-order valence-electron chi connectivity index (χ0n) is 15.2. The van der Waals surface area contributed by atoms with Crippen molar-refractivity contribution in [3.05, 3.63) is 38.9 Å². The number of hydrogen-bond acceptors (Lipinski definition) is 4. The molecular weight excluding hydrogens is 408 g/mol. The lowest BCUT2D eigenvalue weighted by Crippen LogP contribution is -2.46. The number of anilines is 1. The van der Waals surface area contributed by atoms with Gasteiger partial charge < -0.3 is 20.3 Å². The fourth-order valence-corrected chi connectivity index (χ4v) is 5.00. The molecule has 150 valence electrons. The van der Waals surface area contributed by atoms with Crippen molar-refractivity contribution in [1.82, 2.24) is 4.57 Å². The molecule has 28 heavy (non-hydrogen) atoms. The highest BCUT2D eigenvalue weighted by molar-refractivity contribution is 6.38. The standard InChI is InChI=1S/C19H20Cl2FN3O3/c1-2-14(20)25-7-11(19(27)28)18(26)9-4-12(22)17(15(21)16(9)25)24-5-8-3-13(23)10(8)6-24/h4,7-8,10,13-14H,2-3,5-6,23H2,1H3,(H,27,28)/t8-,10+,13-,14?/m0/s1. The number of nitrogens with zero attached hydrogens (tertiary/aromatic N) is 2. The van der Waals surface area contributed by atoms with Gasteiger partial charge in [0.05, 0.1) is 21.6 Å². The van der Waals surface area contributed by atoms with E-state index in [-0.39, 0.29) is 27.7 Å². The van der Waals surface area contributed by atoms with E-state index in [9.17, 15) is 14.7 Å². The Morgan fingerprint density at radius 3 is 2.75 bits per heavy atom. The normalized spacial score (nSPS) is 24.9. The summed E-state index contributed by atoms with van der Waals surface area (Å²) in [5, 5.41) is 9.33. The molecule has 2 aromatic rings. The first kappa shape index (κ1) is 19.5. The first-order valence-electron chi connectivity index (χ1n) is 9.19. The van der Waals surface area contributed by atoms with Gasteiger partial charge in [-0.3, -0.25) is 4.79 Å². The minimum atomic E-state index is -1.40. The molecule has 1 saturated heterocycles. The van der Waals surface area contributed by atoms with Crippen LogP contribution in [0.5, 0.6) is 0 Å². The average Bonchev–Trinajstić information content (AvgIpc) is 2.98. The van der Waals surface area contributed by atoms with Crippen molar-refractivity contribution in [3.63, 3.8) is 0 Å². The Morgan fingerprint density at radius 1 is 1.46 bits per heavy atom. The fourth-order valence-electron chi connectivity index (χ4n) is 4.43. The van der Waals surface area contributed by atoms with Gasteiger partial charge in [-0.05, 0) is 30.7 Å². The Morgan fingerprint density at radius 2 is 2.18 bits per heavy atom. The van der Waals surface area contributed by atoms with Crippen LogP contribution < -0.4 is 16.1 Å². The van der Waals surface area contributed by atoms with Gasteiger partial charge in [-0.1, -0.05) is 30.1 Å². The van der Waals surface area contributed by atoms with Crippen LogP contribution >= 0.6 is 23.2 Å². The number of carboxylic acid groups (broad SMARTS) is 1. The quantitative estimate of drug-likeness (QED) is 0.729. The van der Waals surface area contributed by atoms with Crippen LogP contribution in [-0.2, 0) is 0 Å². The van der Waals surface area contributed by atoms with Crippen LogP contribution in [0.1, 0.15) is 35.6 Å². The van der Waals surface area contributed by atoms with E-state index < -0.39 is 28.3 Å². The SMILES string of the molecule is CCC(Cl)n1cc(C(=O)O)c(=O)c2cc(F)c(N3C[C@@H]4C[C@H](N)[C@@H]4C3)c(Cl)c21. The molecule has 4 atom stereocenters. The van der Waals surface area contributed by atoms with Gasteiger partial charge in [0, 0.05) is 25.3 Å². The van der Waals surface area contributed by atoms with Crippen molar-refractivity contribution < 1.29 is 14.3 Å². The largest absolute Gasteiger partial charge is 0.477 e. The van der Waals surface area contributed by atoms with Gasteiger partial charge in [-0.2, -0.15) is 0 Å². The van der Waals surface area contributed by atoms with E-state index >= 15 is 4.39 Å². The van der Waals surface area contributed by atoms with E-state index in [1.807, 2.05) is 11.8 Å². The first-order chi connectivity index (χ1) is 13.2. The van der Waals surface area contributed by atoms with Gasteiger partial charge in [-0.15, -0.1) is 0 Å². The first-order valence-corrected chi connectivity index (χ1v) is 10.0. The maximum Gasteiger partial charge on any atom is 0.341 e. The molecule has 4 rings (SSSR count). The third kappa shape index (κ3) is 2.79. The zero-order valence-corrected chi connectivity index (χ0v) is 16.7. The minimum absolute atomic E-state index is 0.0676. The summed E-state index contributed by atoms with van der Waals surface area (Å²) >= 11 is 13.0. The van der Waals surface area contributed by atoms with Crippen LogP contribution in [0.3, 0.4) is 0 Å². The summed E-state index contributed by atoms with van der Waals surface area (Å²) in [4.78, 5) is 26.0. The van der Waals surface area contributed by atoms with Crippen LogP contribution in [0.15, 0.2) is 17.1 Å². The molecule has 6 nitrogen and oxygen atoms in total. The summed E-state index contributed by atoms with van der Waals surface area (Å²) in [7, 11) is 0. The number of fused-ring (bicyclic) bond motifs is 2. The number of carboxylic acids is 1. The van der Waals surface area contributed by atoms with Crippen molar-refractivity contribution in [2.24, 2.45) is 17.6 Å². The van der Waals surface area contributed by atoms with Gasteiger partial charge in [0.1, 0.15) is 16.9 Å². The van der Waals surface area contributed by atoms with Crippen LogP contribution in [-0.4, -0.2) is 34.8 Å². The number of alkyl halides is 1. The molecule has 1 aromatic carbocycles. The maximum atomic E-state index is 15.0. The lowest BCUT2D eigenvalue weighted by molar-refractivity contribution is 0.0694. The highest BCUT2D eigenvalue weighted by atomic mass is 35.5. The molecule has 0 bridgehead atoms. The number of nitrogens with two attached hydrogens (primary N) is 1. The molecule has 9 heteroatoms. The third-order valence-corrected chi connectivity index (χ3v) is 6.86. The summed E-state index contributed by atoms with van der Waals surface area (Å²) in [5.41, 5.74) is 4.62. The summed E-state index contributed by atoms with van der Waals surface area (Å²) in [6.45, 7) is 3.07. The van der Waals surface area contributed by atoms with E-state index in [4.69, 9.17) is 28.9 Å². The third-order valence-electron chi connectivity index (χ3n) is 5.99. The number of hydrogen-bond donors (Lipinski definition) is 2. The van der Waals surface area contributed by atoms with E-state index in [1.165, 1.54) is 10.8 Å². The number of benzene rings is 1. The van der Waals surface area contributed by atoms with E-state index in [0.29, 0.717) is 31.3 Å². The Hall–Kier alpha value is -1.83. The molecule has 2 heterocycles. The number of carbonyl (C=O) groups is 1. The maximum absolute atomic E-state index is 15.0. The monoisotopic (exact) mass is 427 g/mol. The second kappa shape index (κ2) is 6.90. The number of pyridine rings is 1. The molecule has 0 amide bonds. The van der Waals surface area contributed by atoms with Gasteiger partial charge in [0.2, 0.25) is 5.43 Å². The van der Waals surface area contributed by atoms with Crippen molar-refractivity contribution in [3.8, 4) is 0 Å². The number of aromatic carboxylic acids is 1. The molecule has 0 spiro atoms. The predicted molar refractivity (Wildman–Crippen MR) is 107 cm³/mol. The second-order valence-corrected chi connectivity index (χ2v) is 8.45. The van der Waals surface area contributed by atoms with Crippen molar-refractivity contribution >= 4 is 45.8 Å². The van der Waals surface area contributed by atoms with Gasteiger partial charge in [-0.25, -0.2) is 9.18 Å². The summed E-state index contributed by atoms with van der Waals surface area (Å²) in [5.74, 6) is -1.33. The second-order valence-electron chi connectivity index (χ2n) is 7.57. The molecule has 1 unspecified atom stereocenters. The number of rotatable bonds is 4. The highest BCUT2D eigenvalue weighted by Crippen LogP contribution is 2.45. The van der Waals surface area contributed by atoms with E-state index in [2.05, 4.69) is 0 Å². The Labute approximate surface area is 170 Å². The van der Waals surface area contributed by atoms with Crippen LogP contribution in [0.25, 0.3) is 10.9 Å². The Bertz CT molecular complexity index is 1040. The van der Waals surface area contributed by atoms with Crippen molar-refractivity contribution in [1.29, 1.82) is 0 Å². The van der Waals surface area contributed by atoms with Crippen molar-refractivity contribution in [2.75, 3.05) is 18.0 Å². The lowest BCUT2D eigenvalue weighted by atomic mass is 9.72. The van der Waals surface area contributed by atoms with Crippen LogP contribution in [0.4, 0.5) is 10.1 Å². The van der Waals surface area contributed by atoms with Crippen LogP contribution in [0.2, 0.25) is 5.02 Å². The fraction of sp³-hybridized carbons (Fsp3) is 0.474. The van der Waals surface area contributed by atoms with E-state index in [1.54, 1.807) is 0 Å². The summed E-state index contributed by atoms with van der Waals surface area (Å²) in [6.07, 6.45) is 2.55. The number of halogens is 3. The topological polar surface area (TPSA) is 88.6 Å². The predicted octanol–water partition coefficient (Wildman–Crippen LogP) is 3.42. The Balaban J connectivity index is 1.96. The highest BCUT2D eigenvalue weighted by Gasteiger charge is 2.46. The lowest BCUT2D eigenvalue weighted by Gasteiger charge is -2.36. The minimum Gasteiger partial charge on any atom is -0.477 e.